The zero-order chi connectivity index (χ0) is 19.9. The first-order chi connectivity index (χ1) is 13.1. The van der Waals surface area contributed by atoms with Gasteiger partial charge < -0.3 is 20.5 Å². The molecule has 0 radical (unpaired) electrons. The number of unbranched alkanes of at least 4 members (excludes halogenated alkanes) is 1. The highest BCUT2D eigenvalue weighted by atomic mass is 16.5. The summed E-state index contributed by atoms with van der Waals surface area (Å²) in [5.41, 5.74) is 0.986. The predicted molar refractivity (Wildman–Crippen MR) is 112 cm³/mol. The third-order valence-electron chi connectivity index (χ3n) is 4.24. The van der Waals surface area contributed by atoms with E-state index in [0.29, 0.717) is 30.9 Å². The van der Waals surface area contributed by atoms with Gasteiger partial charge in [-0.2, -0.15) is 0 Å². The number of aromatic nitrogens is 1. The van der Waals surface area contributed by atoms with Crippen LogP contribution in [-0.2, 0) is 6.54 Å². The number of nitrogens with zero attached hydrogens (tertiary/aromatic N) is 2. The molecule has 0 aromatic carbocycles. The molecule has 6 heteroatoms. The van der Waals surface area contributed by atoms with Crippen LogP contribution >= 0.6 is 0 Å². The van der Waals surface area contributed by atoms with Crippen LogP contribution in [0.1, 0.15) is 58.9 Å². The zero-order valence-corrected chi connectivity index (χ0v) is 17.5. The van der Waals surface area contributed by atoms with E-state index in [-0.39, 0.29) is 6.61 Å². The summed E-state index contributed by atoms with van der Waals surface area (Å²) in [5, 5.41) is 16.0. The molecule has 27 heavy (non-hydrogen) atoms. The van der Waals surface area contributed by atoms with Crippen molar-refractivity contribution in [3.05, 3.63) is 23.9 Å². The fourth-order valence-electron chi connectivity index (χ4n) is 2.89. The van der Waals surface area contributed by atoms with Crippen LogP contribution in [0.3, 0.4) is 0 Å². The van der Waals surface area contributed by atoms with Crippen LogP contribution in [0.4, 0.5) is 0 Å². The Bertz CT molecular complexity index is 535. The van der Waals surface area contributed by atoms with Crippen LogP contribution in [0.2, 0.25) is 0 Å². The summed E-state index contributed by atoms with van der Waals surface area (Å²) in [4.78, 5) is 9.04. The second-order valence-electron chi connectivity index (χ2n) is 7.25. The summed E-state index contributed by atoms with van der Waals surface area (Å²) in [5.74, 6) is 2.50. The number of aliphatic imine (C=N–C) groups is 1. The fraction of sp³-hybridized carbons (Fsp3) is 0.714. The van der Waals surface area contributed by atoms with E-state index >= 15 is 0 Å². The maximum atomic E-state index is 9.29. The highest BCUT2D eigenvalue weighted by Gasteiger charge is 2.12. The van der Waals surface area contributed by atoms with Crippen molar-refractivity contribution in [3.63, 3.8) is 0 Å². The Morgan fingerprint density at radius 1 is 1.30 bits per heavy atom. The number of hydrogen-bond donors (Lipinski definition) is 3. The summed E-state index contributed by atoms with van der Waals surface area (Å²) in [6.07, 6.45) is 5.77. The molecule has 0 spiro atoms. The fourth-order valence-corrected chi connectivity index (χ4v) is 2.89. The third kappa shape index (κ3) is 10.2. The molecular formula is C21H38N4O2. The van der Waals surface area contributed by atoms with Crippen molar-refractivity contribution in [2.45, 2.75) is 59.9 Å². The van der Waals surface area contributed by atoms with Crippen molar-refractivity contribution in [3.8, 4) is 5.88 Å². The highest BCUT2D eigenvalue weighted by Crippen LogP contribution is 2.16. The van der Waals surface area contributed by atoms with Gasteiger partial charge >= 0.3 is 0 Å². The summed E-state index contributed by atoms with van der Waals surface area (Å²) in [6.45, 7) is 11.6. The lowest BCUT2D eigenvalue weighted by Gasteiger charge is -2.20. The number of rotatable bonds is 13. The Morgan fingerprint density at radius 2 is 2.11 bits per heavy atom. The zero-order valence-electron chi connectivity index (χ0n) is 17.5. The van der Waals surface area contributed by atoms with Gasteiger partial charge in [0.05, 0.1) is 13.2 Å². The summed E-state index contributed by atoms with van der Waals surface area (Å²) < 4.78 is 5.79. The van der Waals surface area contributed by atoms with E-state index in [4.69, 9.17) is 9.73 Å². The molecule has 1 atom stereocenters. The van der Waals surface area contributed by atoms with E-state index in [9.17, 15) is 5.11 Å². The van der Waals surface area contributed by atoms with Gasteiger partial charge in [0.1, 0.15) is 0 Å². The lowest BCUT2D eigenvalue weighted by molar-refractivity contribution is 0.243. The SMILES string of the molecule is CCCCOc1ncccc1CN=C(NCC)NCC(CCO)CC(C)C. The molecule has 0 aliphatic heterocycles. The topological polar surface area (TPSA) is 78.8 Å². The van der Waals surface area contributed by atoms with E-state index in [1.165, 1.54) is 0 Å². The van der Waals surface area contributed by atoms with E-state index in [2.05, 4.69) is 43.3 Å². The third-order valence-corrected chi connectivity index (χ3v) is 4.24. The number of aliphatic hydroxyl groups is 1. The Kier molecular flexibility index (Phi) is 12.3. The molecule has 0 saturated carbocycles. The smallest absolute Gasteiger partial charge is 0.218 e. The van der Waals surface area contributed by atoms with Gasteiger partial charge in [-0.05, 0) is 44.1 Å². The first-order valence-corrected chi connectivity index (χ1v) is 10.3. The van der Waals surface area contributed by atoms with Gasteiger partial charge in [-0.15, -0.1) is 0 Å². The van der Waals surface area contributed by atoms with Crippen molar-refractivity contribution >= 4 is 5.96 Å². The van der Waals surface area contributed by atoms with Crippen molar-refractivity contribution in [1.29, 1.82) is 0 Å². The molecule has 1 aromatic rings. The number of pyridine rings is 1. The number of aliphatic hydroxyl groups excluding tert-OH is 1. The predicted octanol–water partition coefficient (Wildman–Crippen LogP) is 3.36. The lowest BCUT2D eigenvalue weighted by atomic mass is 9.94. The number of ether oxygens (including phenoxy) is 1. The molecule has 6 nitrogen and oxygen atoms in total. The van der Waals surface area contributed by atoms with Crippen molar-refractivity contribution < 1.29 is 9.84 Å². The Labute approximate surface area is 164 Å². The van der Waals surface area contributed by atoms with Gasteiger partial charge in [0.25, 0.3) is 0 Å². The molecule has 0 amide bonds. The normalized spacial score (nSPS) is 12.9. The number of guanidine groups is 1. The Morgan fingerprint density at radius 3 is 2.78 bits per heavy atom. The Hall–Kier alpha value is -1.82. The lowest BCUT2D eigenvalue weighted by Crippen LogP contribution is -2.40. The van der Waals surface area contributed by atoms with E-state index in [0.717, 1.165) is 50.3 Å². The van der Waals surface area contributed by atoms with Gasteiger partial charge in [-0.25, -0.2) is 9.98 Å². The van der Waals surface area contributed by atoms with E-state index in [1.807, 2.05) is 12.1 Å². The quantitative estimate of drug-likeness (QED) is 0.279. The van der Waals surface area contributed by atoms with Gasteiger partial charge in [-0.1, -0.05) is 33.3 Å². The van der Waals surface area contributed by atoms with Crippen LogP contribution in [0.5, 0.6) is 5.88 Å². The molecule has 1 heterocycles. The van der Waals surface area contributed by atoms with Crippen LogP contribution < -0.4 is 15.4 Å². The molecule has 0 saturated heterocycles. The minimum Gasteiger partial charge on any atom is -0.477 e. The summed E-state index contributed by atoms with van der Waals surface area (Å²) in [7, 11) is 0. The van der Waals surface area contributed by atoms with Gasteiger partial charge in [0.15, 0.2) is 5.96 Å². The van der Waals surface area contributed by atoms with Crippen LogP contribution in [0.15, 0.2) is 23.3 Å². The van der Waals surface area contributed by atoms with Crippen LogP contribution in [-0.4, -0.2) is 42.4 Å². The molecule has 0 aliphatic rings. The number of hydrogen-bond acceptors (Lipinski definition) is 4. The van der Waals surface area contributed by atoms with E-state index < -0.39 is 0 Å². The number of nitrogens with one attached hydrogen (secondary N) is 2. The van der Waals surface area contributed by atoms with Crippen molar-refractivity contribution in [1.82, 2.24) is 15.6 Å². The maximum Gasteiger partial charge on any atom is 0.218 e. The molecule has 1 unspecified atom stereocenters. The standard InChI is InChI=1S/C21H38N4O2/c1-5-7-13-27-20-19(9-8-11-23-20)16-25-21(22-6-2)24-15-18(10-12-26)14-17(3)4/h8-9,11,17-18,26H,5-7,10,12-16H2,1-4H3,(H2,22,24,25). The maximum absolute atomic E-state index is 9.29. The second kappa shape index (κ2) is 14.3. The molecule has 154 valence electrons. The average Bonchev–Trinajstić information content (AvgIpc) is 2.64. The molecule has 0 aliphatic carbocycles. The molecule has 0 fully saturated rings. The second-order valence-corrected chi connectivity index (χ2v) is 7.25. The minimum atomic E-state index is 0.223. The largest absolute Gasteiger partial charge is 0.477 e. The van der Waals surface area contributed by atoms with Crippen molar-refractivity contribution in [2.24, 2.45) is 16.8 Å². The first kappa shape index (κ1) is 23.2. The Balaban J connectivity index is 2.70. The van der Waals surface area contributed by atoms with Crippen molar-refractivity contribution in [2.75, 3.05) is 26.3 Å². The van der Waals surface area contributed by atoms with Gasteiger partial charge in [0.2, 0.25) is 5.88 Å². The minimum absolute atomic E-state index is 0.223. The van der Waals surface area contributed by atoms with Gasteiger partial charge in [0, 0.05) is 31.5 Å². The van der Waals surface area contributed by atoms with Crippen LogP contribution in [0, 0.1) is 11.8 Å². The van der Waals surface area contributed by atoms with Crippen LogP contribution in [0.25, 0.3) is 0 Å². The molecular weight excluding hydrogens is 340 g/mol. The average molecular weight is 379 g/mol. The monoisotopic (exact) mass is 378 g/mol. The van der Waals surface area contributed by atoms with Gasteiger partial charge in [-0.3, -0.25) is 0 Å². The molecule has 0 bridgehead atoms. The first-order valence-electron chi connectivity index (χ1n) is 10.3. The molecule has 1 rings (SSSR count). The highest BCUT2D eigenvalue weighted by molar-refractivity contribution is 5.79. The molecule has 3 N–H and O–H groups in total. The van der Waals surface area contributed by atoms with E-state index in [1.54, 1.807) is 6.20 Å². The summed E-state index contributed by atoms with van der Waals surface area (Å²) >= 11 is 0. The summed E-state index contributed by atoms with van der Waals surface area (Å²) in [6, 6.07) is 3.92. The molecule has 1 aromatic heterocycles.